The molecule has 0 spiro atoms. The highest BCUT2D eigenvalue weighted by Gasteiger charge is 2.17. The van der Waals surface area contributed by atoms with Gasteiger partial charge in [-0.3, -0.25) is 9.71 Å². The topological polar surface area (TPSA) is 85.1 Å². The van der Waals surface area contributed by atoms with Gasteiger partial charge in [-0.25, -0.2) is 8.42 Å². The molecule has 2 aromatic rings. The Labute approximate surface area is 110 Å². The largest absolute Gasteiger partial charge is 0.326 e. The number of aromatic nitrogens is 1. The minimum Gasteiger partial charge on any atom is -0.326 e. The Kier molecular flexibility index (Phi) is 3.65. The molecular formula is C11H13N3O2S2. The van der Waals surface area contributed by atoms with E-state index in [0.717, 1.165) is 4.88 Å². The Morgan fingerprint density at radius 2 is 2.17 bits per heavy atom. The molecule has 0 saturated heterocycles. The summed E-state index contributed by atoms with van der Waals surface area (Å²) >= 11 is 1.17. The van der Waals surface area contributed by atoms with Gasteiger partial charge < -0.3 is 5.73 Å². The lowest BCUT2D eigenvalue weighted by Crippen LogP contribution is -2.12. The zero-order chi connectivity index (χ0) is 13.2. The van der Waals surface area contributed by atoms with Crippen LogP contribution in [0.1, 0.15) is 10.6 Å². The molecule has 0 saturated carbocycles. The maximum atomic E-state index is 12.1. The SMILES string of the molecule is Cc1ncccc1NS(=O)(=O)c1ccc(CN)s1. The van der Waals surface area contributed by atoms with E-state index in [1.165, 1.54) is 11.3 Å². The summed E-state index contributed by atoms with van der Waals surface area (Å²) in [7, 11) is -3.55. The second-order valence-corrected chi connectivity index (χ2v) is 6.74. The first-order chi connectivity index (χ1) is 8.53. The molecule has 0 fully saturated rings. The molecule has 0 radical (unpaired) electrons. The van der Waals surface area contributed by atoms with Crippen molar-refractivity contribution in [2.45, 2.75) is 17.7 Å². The van der Waals surface area contributed by atoms with Crippen molar-refractivity contribution in [3.8, 4) is 0 Å². The van der Waals surface area contributed by atoms with Crippen molar-refractivity contribution in [2.24, 2.45) is 5.73 Å². The number of thiophene rings is 1. The Balaban J connectivity index is 2.30. The van der Waals surface area contributed by atoms with Crippen LogP contribution in [0.3, 0.4) is 0 Å². The lowest BCUT2D eigenvalue weighted by molar-refractivity contribution is 0.603. The van der Waals surface area contributed by atoms with Crippen LogP contribution in [-0.4, -0.2) is 13.4 Å². The number of hydrogen-bond donors (Lipinski definition) is 2. The molecule has 0 aliphatic rings. The van der Waals surface area contributed by atoms with Gasteiger partial charge in [0.05, 0.1) is 11.4 Å². The molecule has 2 rings (SSSR count). The summed E-state index contributed by atoms with van der Waals surface area (Å²) in [5, 5.41) is 0. The number of sulfonamides is 1. The average molecular weight is 283 g/mol. The van der Waals surface area contributed by atoms with Crippen LogP contribution < -0.4 is 10.5 Å². The van der Waals surface area contributed by atoms with Gasteiger partial charge in [-0.15, -0.1) is 11.3 Å². The van der Waals surface area contributed by atoms with Crippen LogP contribution in [0.25, 0.3) is 0 Å². The molecule has 0 amide bonds. The van der Waals surface area contributed by atoms with E-state index in [9.17, 15) is 8.42 Å². The molecule has 5 nitrogen and oxygen atoms in total. The van der Waals surface area contributed by atoms with Gasteiger partial charge in [0, 0.05) is 17.6 Å². The van der Waals surface area contributed by atoms with Crippen LogP contribution in [0, 0.1) is 6.92 Å². The lowest BCUT2D eigenvalue weighted by atomic mass is 10.3. The number of aryl methyl sites for hydroxylation is 1. The summed E-state index contributed by atoms with van der Waals surface area (Å²) in [4.78, 5) is 4.87. The van der Waals surface area contributed by atoms with Gasteiger partial charge in [-0.1, -0.05) is 0 Å². The van der Waals surface area contributed by atoms with Crippen LogP contribution in [0.15, 0.2) is 34.7 Å². The van der Waals surface area contributed by atoms with Crippen molar-refractivity contribution < 1.29 is 8.42 Å². The molecule has 96 valence electrons. The van der Waals surface area contributed by atoms with Gasteiger partial charge in [-0.2, -0.15) is 0 Å². The number of anilines is 1. The molecule has 2 aromatic heterocycles. The van der Waals surface area contributed by atoms with E-state index in [4.69, 9.17) is 5.73 Å². The van der Waals surface area contributed by atoms with Crippen LogP contribution in [0.5, 0.6) is 0 Å². The van der Waals surface area contributed by atoms with Gasteiger partial charge in [0.1, 0.15) is 4.21 Å². The third-order valence-electron chi connectivity index (χ3n) is 2.35. The number of nitrogens with two attached hydrogens (primary N) is 1. The highest BCUT2D eigenvalue weighted by molar-refractivity contribution is 7.94. The summed E-state index contributed by atoms with van der Waals surface area (Å²) in [6, 6.07) is 6.64. The average Bonchev–Trinajstić information content (AvgIpc) is 2.81. The van der Waals surface area contributed by atoms with E-state index < -0.39 is 10.0 Å². The van der Waals surface area contributed by atoms with Crippen LogP contribution in [0.2, 0.25) is 0 Å². The van der Waals surface area contributed by atoms with Crippen LogP contribution >= 0.6 is 11.3 Å². The summed E-state index contributed by atoms with van der Waals surface area (Å²) in [6.07, 6.45) is 1.62. The van der Waals surface area contributed by atoms with E-state index in [2.05, 4.69) is 9.71 Å². The Morgan fingerprint density at radius 3 is 2.78 bits per heavy atom. The highest BCUT2D eigenvalue weighted by Crippen LogP contribution is 2.24. The van der Waals surface area contributed by atoms with Gasteiger partial charge in [-0.05, 0) is 31.2 Å². The number of pyridine rings is 1. The summed E-state index contributed by atoms with van der Waals surface area (Å²) < 4.78 is 27.0. The number of rotatable bonds is 4. The van der Waals surface area contributed by atoms with Gasteiger partial charge in [0.15, 0.2) is 0 Å². The molecule has 18 heavy (non-hydrogen) atoms. The quantitative estimate of drug-likeness (QED) is 0.894. The fraction of sp³-hybridized carbons (Fsp3) is 0.182. The third kappa shape index (κ3) is 2.69. The highest BCUT2D eigenvalue weighted by atomic mass is 32.2. The van der Waals surface area contributed by atoms with E-state index in [1.807, 2.05) is 0 Å². The van der Waals surface area contributed by atoms with Crippen molar-refractivity contribution in [3.05, 3.63) is 41.0 Å². The van der Waals surface area contributed by atoms with Crippen molar-refractivity contribution in [1.82, 2.24) is 4.98 Å². The maximum Gasteiger partial charge on any atom is 0.271 e. The van der Waals surface area contributed by atoms with E-state index in [0.29, 0.717) is 17.9 Å². The summed E-state index contributed by atoms with van der Waals surface area (Å²) in [5.41, 5.74) is 6.59. The molecule has 2 heterocycles. The number of hydrogen-bond acceptors (Lipinski definition) is 5. The van der Waals surface area contributed by atoms with E-state index in [1.54, 1.807) is 37.4 Å². The van der Waals surface area contributed by atoms with Gasteiger partial charge in [0.25, 0.3) is 10.0 Å². The lowest BCUT2D eigenvalue weighted by Gasteiger charge is -2.07. The maximum absolute atomic E-state index is 12.1. The first kappa shape index (κ1) is 13.0. The monoisotopic (exact) mass is 283 g/mol. The van der Waals surface area contributed by atoms with Crippen LogP contribution in [0.4, 0.5) is 5.69 Å². The molecule has 0 aromatic carbocycles. The number of nitrogens with zero attached hydrogens (tertiary/aromatic N) is 1. The smallest absolute Gasteiger partial charge is 0.271 e. The zero-order valence-corrected chi connectivity index (χ0v) is 11.4. The molecule has 3 N–H and O–H groups in total. The second-order valence-electron chi connectivity index (χ2n) is 3.67. The predicted octanol–water partition coefficient (Wildman–Crippen LogP) is 1.71. The molecule has 0 unspecified atom stereocenters. The molecule has 0 aliphatic heterocycles. The fourth-order valence-corrected chi connectivity index (χ4v) is 3.75. The summed E-state index contributed by atoms with van der Waals surface area (Å²) in [6.45, 7) is 2.09. The Hall–Kier alpha value is -1.44. The first-order valence-corrected chi connectivity index (χ1v) is 7.56. The second kappa shape index (κ2) is 5.05. The zero-order valence-electron chi connectivity index (χ0n) is 9.75. The normalized spacial score (nSPS) is 11.4. The minimum atomic E-state index is -3.55. The third-order valence-corrected chi connectivity index (χ3v) is 5.32. The van der Waals surface area contributed by atoms with Crippen molar-refractivity contribution in [2.75, 3.05) is 4.72 Å². The number of nitrogens with one attached hydrogen (secondary N) is 1. The molecular weight excluding hydrogens is 270 g/mol. The molecule has 0 bridgehead atoms. The Bertz CT molecular complexity index is 650. The molecule has 0 atom stereocenters. The standard InChI is InChI=1S/C11H13N3O2S2/c1-8-10(3-2-6-13-8)14-18(15,16)11-5-4-9(7-12)17-11/h2-6,14H,7,12H2,1H3. The van der Waals surface area contributed by atoms with Crippen LogP contribution in [-0.2, 0) is 16.6 Å². The van der Waals surface area contributed by atoms with Gasteiger partial charge in [0.2, 0.25) is 0 Å². The molecule has 0 aliphatic carbocycles. The van der Waals surface area contributed by atoms with E-state index >= 15 is 0 Å². The summed E-state index contributed by atoms with van der Waals surface area (Å²) in [5.74, 6) is 0. The first-order valence-electron chi connectivity index (χ1n) is 5.26. The fourth-order valence-electron chi connectivity index (χ4n) is 1.40. The minimum absolute atomic E-state index is 0.256. The Morgan fingerprint density at radius 1 is 1.39 bits per heavy atom. The van der Waals surface area contributed by atoms with Crippen molar-refractivity contribution >= 4 is 27.0 Å². The predicted molar refractivity (Wildman–Crippen MR) is 72.0 cm³/mol. The van der Waals surface area contributed by atoms with Crippen molar-refractivity contribution in [3.63, 3.8) is 0 Å². The van der Waals surface area contributed by atoms with Gasteiger partial charge >= 0.3 is 0 Å². The van der Waals surface area contributed by atoms with E-state index in [-0.39, 0.29) is 4.21 Å². The molecule has 7 heteroatoms. The van der Waals surface area contributed by atoms with Crippen molar-refractivity contribution in [1.29, 1.82) is 0 Å².